The van der Waals surface area contributed by atoms with E-state index >= 15 is 0 Å². The number of rotatable bonds is 2. The van der Waals surface area contributed by atoms with E-state index in [1.807, 2.05) is 0 Å². The SMILES string of the molecule is NCc1ccc(F)c(-c2c(Cl)c(Cl)cc(Cl)c2Cl)c1. The first-order chi connectivity index (χ1) is 8.95. The van der Waals surface area contributed by atoms with E-state index in [1.165, 1.54) is 12.1 Å². The minimum Gasteiger partial charge on any atom is -0.326 e. The standard InChI is InChI=1S/C13H8Cl4FN/c14-8-4-9(15)13(17)11(12(8)16)7-3-6(5-19)1-2-10(7)18/h1-4H,5,19H2. The molecule has 2 aromatic carbocycles. The van der Waals surface area contributed by atoms with Crippen LogP contribution in [0.3, 0.4) is 0 Å². The van der Waals surface area contributed by atoms with Crippen molar-refractivity contribution in [1.29, 1.82) is 0 Å². The Kier molecular flexibility index (Phi) is 4.59. The van der Waals surface area contributed by atoms with Gasteiger partial charge >= 0.3 is 0 Å². The van der Waals surface area contributed by atoms with Crippen molar-refractivity contribution in [3.63, 3.8) is 0 Å². The summed E-state index contributed by atoms with van der Waals surface area (Å²) in [5.41, 5.74) is 6.79. The summed E-state index contributed by atoms with van der Waals surface area (Å²) >= 11 is 24.1. The molecule has 0 aliphatic carbocycles. The first-order valence-corrected chi connectivity index (χ1v) is 6.78. The van der Waals surface area contributed by atoms with Crippen molar-refractivity contribution in [3.05, 3.63) is 55.7 Å². The molecular formula is C13H8Cl4FN. The molecule has 0 fully saturated rings. The van der Waals surface area contributed by atoms with Crippen LogP contribution in [0.1, 0.15) is 5.56 Å². The summed E-state index contributed by atoms with van der Waals surface area (Å²) in [5.74, 6) is -0.473. The predicted molar refractivity (Wildman–Crippen MR) is 79.8 cm³/mol. The fourth-order valence-corrected chi connectivity index (χ4v) is 2.71. The smallest absolute Gasteiger partial charge is 0.131 e. The minimum atomic E-state index is -0.473. The molecule has 0 saturated carbocycles. The van der Waals surface area contributed by atoms with Crippen LogP contribution < -0.4 is 5.73 Å². The van der Waals surface area contributed by atoms with Gasteiger partial charge in [-0.05, 0) is 23.8 Å². The van der Waals surface area contributed by atoms with E-state index < -0.39 is 5.82 Å². The van der Waals surface area contributed by atoms with Crippen molar-refractivity contribution >= 4 is 46.4 Å². The van der Waals surface area contributed by atoms with Gasteiger partial charge in [-0.15, -0.1) is 0 Å². The van der Waals surface area contributed by atoms with Crippen LogP contribution in [-0.2, 0) is 6.54 Å². The molecule has 100 valence electrons. The summed E-state index contributed by atoms with van der Waals surface area (Å²) in [6.07, 6.45) is 0. The highest BCUT2D eigenvalue weighted by molar-refractivity contribution is 6.50. The molecule has 2 aromatic rings. The van der Waals surface area contributed by atoms with Gasteiger partial charge in [-0.2, -0.15) is 0 Å². The molecule has 19 heavy (non-hydrogen) atoms. The lowest BCUT2D eigenvalue weighted by Gasteiger charge is -2.12. The number of halogens is 5. The molecule has 0 bridgehead atoms. The topological polar surface area (TPSA) is 26.0 Å². The molecule has 6 heteroatoms. The van der Waals surface area contributed by atoms with Crippen molar-refractivity contribution in [2.24, 2.45) is 5.73 Å². The Morgan fingerprint density at radius 2 is 1.53 bits per heavy atom. The van der Waals surface area contributed by atoms with Crippen LogP contribution in [0.25, 0.3) is 11.1 Å². The monoisotopic (exact) mass is 337 g/mol. The largest absolute Gasteiger partial charge is 0.326 e. The maximum absolute atomic E-state index is 14.0. The van der Waals surface area contributed by atoms with E-state index in [0.717, 1.165) is 5.56 Å². The van der Waals surface area contributed by atoms with Crippen molar-refractivity contribution in [2.75, 3.05) is 0 Å². The van der Waals surface area contributed by atoms with Gasteiger partial charge in [0.05, 0.1) is 20.1 Å². The summed E-state index contributed by atoms with van der Waals surface area (Å²) in [5, 5.41) is 0.737. The van der Waals surface area contributed by atoms with E-state index in [9.17, 15) is 4.39 Å². The molecule has 0 unspecified atom stereocenters. The van der Waals surface area contributed by atoms with Crippen LogP contribution in [0.4, 0.5) is 4.39 Å². The Hall–Kier alpha value is -0.510. The van der Waals surface area contributed by atoms with Gasteiger partial charge in [-0.25, -0.2) is 4.39 Å². The van der Waals surface area contributed by atoms with Crippen LogP contribution in [0.5, 0.6) is 0 Å². The Balaban J connectivity index is 2.78. The van der Waals surface area contributed by atoms with Crippen LogP contribution >= 0.6 is 46.4 Å². The molecule has 2 rings (SSSR count). The Bertz CT molecular complexity index is 617. The maximum atomic E-state index is 14.0. The van der Waals surface area contributed by atoms with Gasteiger partial charge in [0, 0.05) is 17.7 Å². The average Bonchev–Trinajstić information content (AvgIpc) is 2.39. The molecule has 0 atom stereocenters. The zero-order valence-corrected chi connectivity index (χ0v) is 12.5. The molecule has 0 saturated heterocycles. The van der Waals surface area contributed by atoms with Crippen molar-refractivity contribution in [2.45, 2.75) is 6.54 Å². The highest BCUT2D eigenvalue weighted by Crippen LogP contribution is 2.44. The van der Waals surface area contributed by atoms with Crippen LogP contribution in [0, 0.1) is 5.82 Å². The first-order valence-electron chi connectivity index (χ1n) is 5.27. The molecule has 1 nitrogen and oxygen atoms in total. The average molecular weight is 339 g/mol. The van der Waals surface area contributed by atoms with Gasteiger partial charge in [-0.1, -0.05) is 52.5 Å². The Labute approximate surface area is 130 Å². The second kappa shape index (κ2) is 5.86. The molecule has 0 heterocycles. The predicted octanol–water partition coefficient (Wildman–Crippen LogP) is 5.57. The minimum absolute atomic E-state index is 0.157. The van der Waals surface area contributed by atoms with Crippen molar-refractivity contribution in [3.8, 4) is 11.1 Å². The van der Waals surface area contributed by atoms with E-state index in [-0.39, 0.29) is 37.8 Å². The second-order valence-corrected chi connectivity index (χ2v) is 5.43. The number of hydrogen-bond acceptors (Lipinski definition) is 1. The zero-order valence-electron chi connectivity index (χ0n) is 9.48. The third kappa shape index (κ3) is 2.83. The van der Waals surface area contributed by atoms with E-state index in [2.05, 4.69) is 0 Å². The van der Waals surface area contributed by atoms with Crippen molar-refractivity contribution in [1.82, 2.24) is 0 Å². The normalized spacial score (nSPS) is 10.8. The summed E-state index contributed by atoms with van der Waals surface area (Å²) < 4.78 is 14.0. The molecule has 0 aliphatic heterocycles. The molecule has 0 amide bonds. The number of hydrogen-bond donors (Lipinski definition) is 1. The highest BCUT2D eigenvalue weighted by Gasteiger charge is 2.18. The molecule has 0 aliphatic rings. The third-order valence-corrected chi connectivity index (χ3v) is 4.22. The van der Waals surface area contributed by atoms with Gasteiger partial charge in [0.25, 0.3) is 0 Å². The number of benzene rings is 2. The van der Waals surface area contributed by atoms with Gasteiger partial charge < -0.3 is 5.73 Å². The zero-order chi connectivity index (χ0) is 14.2. The lowest BCUT2D eigenvalue weighted by Crippen LogP contribution is -1.98. The molecular weight excluding hydrogens is 331 g/mol. The highest BCUT2D eigenvalue weighted by atomic mass is 35.5. The van der Waals surface area contributed by atoms with Gasteiger partial charge in [0.1, 0.15) is 5.82 Å². The lowest BCUT2D eigenvalue weighted by molar-refractivity contribution is 0.630. The van der Waals surface area contributed by atoms with E-state index in [1.54, 1.807) is 12.1 Å². The Morgan fingerprint density at radius 3 is 2.05 bits per heavy atom. The van der Waals surface area contributed by atoms with Crippen LogP contribution in [0.2, 0.25) is 20.1 Å². The number of nitrogens with two attached hydrogens (primary N) is 1. The summed E-state index contributed by atoms with van der Waals surface area (Å²) in [6, 6.07) is 5.89. The molecule has 0 radical (unpaired) electrons. The van der Waals surface area contributed by atoms with Gasteiger partial charge in [0.2, 0.25) is 0 Å². The quantitative estimate of drug-likeness (QED) is 0.712. The fraction of sp³-hybridized carbons (Fsp3) is 0.0769. The fourth-order valence-electron chi connectivity index (χ4n) is 1.70. The second-order valence-electron chi connectivity index (χ2n) is 3.86. The van der Waals surface area contributed by atoms with Crippen molar-refractivity contribution < 1.29 is 4.39 Å². The summed E-state index contributed by atoms with van der Waals surface area (Å²) in [6.45, 7) is 0.275. The maximum Gasteiger partial charge on any atom is 0.131 e. The Morgan fingerprint density at radius 1 is 0.947 bits per heavy atom. The first kappa shape index (κ1) is 14.9. The lowest BCUT2D eigenvalue weighted by atomic mass is 10.0. The van der Waals surface area contributed by atoms with Crippen LogP contribution in [-0.4, -0.2) is 0 Å². The van der Waals surface area contributed by atoms with Gasteiger partial charge in [0.15, 0.2) is 0 Å². The molecule has 2 N–H and O–H groups in total. The van der Waals surface area contributed by atoms with Crippen LogP contribution in [0.15, 0.2) is 24.3 Å². The summed E-state index contributed by atoms with van der Waals surface area (Å²) in [7, 11) is 0. The third-order valence-electron chi connectivity index (χ3n) is 2.65. The van der Waals surface area contributed by atoms with E-state index in [4.69, 9.17) is 52.1 Å². The van der Waals surface area contributed by atoms with E-state index in [0.29, 0.717) is 0 Å². The molecule has 0 aromatic heterocycles. The van der Waals surface area contributed by atoms with Gasteiger partial charge in [-0.3, -0.25) is 0 Å². The summed E-state index contributed by atoms with van der Waals surface area (Å²) in [4.78, 5) is 0. The molecule has 0 spiro atoms.